The van der Waals surface area contributed by atoms with Gasteiger partial charge in [-0.1, -0.05) is 6.92 Å². The highest BCUT2D eigenvalue weighted by atomic mass is 32.1. The van der Waals surface area contributed by atoms with Crippen LogP contribution in [0.3, 0.4) is 0 Å². The average molecular weight is 293 g/mol. The van der Waals surface area contributed by atoms with Gasteiger partial charge in [0.25, 0.3) is 0 Å². The zero-order chi connectivity index (χ0) is 14.5. The van der Waals surface area contributed by atoms with Gasteiger partial charge >= 0.3 is 5.97 Å². The summed E-state index contributed by atoms with van der Waals surface area (Å²) in [6.07, 6.45) is 3.07. The van der Waals surface area contributed by atoms with Gasteiger partial charge in [-0.25, -0.2) is 0 Å². The molecule has 2 N–H and O–H groups in total. The van der Waals surface area contributed by atoms with E-state index in [1.807, 2.05) is 30.1 Å². The quantitative estimate of drug-likeness (QED) is 0.819. The van der Waals surface area contributed by atoms with E-state index in [1.165, 1.54) is 5.56 Å². The lowest BCUT2D eigenvalue weighted by molar-refractivity contribution is -0.136. The monoisotopic (exact) mass is 293 g/mol. The Morgan fingerprint density at radius 2 is 2.15 bits per heavy atom. The van der Waals surface area contributed by atoms with Gasteiger partial charge in [-0.2, -0.15) is 5.10 Å². The van der Waals surface area contributed by atoms with Crippen LogP contribution >= 0.6 is 11.3 Å². The second kappa shape index (κ2) is 6.67. The van der Waals surface area contributed by atoms with E-state index in [0.29, 0.717) is 0 Å². The molecular weight excluding hydrogens is 274 g/mol. The summed E-state index contributed by atoms with van der Waals surface area (Å²) in [4.78, 5) is 12.7. The Labute approximate surface area is 122 Å². The molecule has 0 radical (unpaired) electrons. The zero-order valence-electron chi connectivity index (χ0n) is 11.7. The molecule has 2 rings (SSSR count). The normalized spacial score (nSPS) is 10.9. The molecule has 2 heterocycles. The van der Waals surface area contributed by atoms with E-state index < -0.39 is 5.97 Å². The highest BCUT2D eigenvalue weighted by Gasteiger charge is 2.07. The Hall–Kier alpha value is -1.66. The summed E-state index contributed by atoms with van der Waals surface area (Å²) in [5.74, 6) is -0.783. The first-order valence-electron chi connectivity index (χ1n) is 6.60. The number of carboxylic acid groups (broad SMARTS) is 1. The molecule has 0 saturated carbocycles. The summed E-state index contributed by atoms with van der Waals surface area (Å²) < 4.78 is 1.84. The molecule has 0 amide bonds. The average Bonchev–Trinajstić information content (AvgIpc) is 2.95. The van der Waals surface area contributed by atoms with Crippen molar-refractivity contribution < 1.29 is 9.90 Å². The van der Waals surface area contributed by atoms with Gasteiger partial charge in [0.2, 0.25) is 0 Å². The number of carbonyl (C=O) groups is 1. The maximum atomic E-state index is 10.6. The molecule has 0 aliphatic carbocycles. The van der Waals surface area contributed by atoms with Crippen LogP contribution in [0.25, 0.3) is 0 Å². The van der Waals surface area contributed by atoms with Crippen molar-refractivity contribution in [3.63, 3.8) is 0 Å². The number of aryl methyl sites for hydroxylation is 2. The molecule has 108 valence electrons. The third-order valence-corrected chi connectivity index (χ3v) is 4.07. The number of hydrogen-bond donors (Lipinski definition) is 2. The second-order valence-corrected chi connectivity index (χ2v) is 5.92. The summed E-state index contributed by atoms with van der Waals surface area (Å²) in [6, 6.07) is 3.87. The second-order valence-electron chi connectivity index (χ2n) is 4.67. The summed E-state index contributed by atoms with van der Waals surface area (Å²) in [5.41, 5.74) is 2.34. The van der Waals surface area contributed by atoms with Crippen molar-refractivity contribution in [3.05, 3.63) is 39.3 Å². The molecule has 0 atom stereocenters. The van der Waals surface area contributed by atoms with E-state index in [2.05, 4.69) is 17.3 Å². The molecule has 2 aromatic rings. The van der Waals surface area contributed by atoms with E-state index in [0.717, 1.165) is 35.0 Å². The number of carboxylic acids is 1. The fourth-order valence-electron chi connectivity index (χ4n) is 2.11. The van der Waals surface area contributed by atoms with Crippen LogP contribution in [0.4, 0.5) is 0 Å². The smallest absolute Gasteiger partial charge is 0.308 e. The maximum absolute atomic E-state index is 10.6. The van der Waals surface area contributed by atoms with Crippen LogP contribution in [0.15, 0.2) is 18.3 Å². The van der Waals surface area contributed by atoms with E-state index in [1.54, 1.807) is 11.3 Å². The fourth-order valence-corrected chi connectivity index (χ4v) is 3.09. The van der Waals surface area contributed by atoms with Crippen LogP contribution in [0.2, 0.25) is 0 Å². The largest absolute Gasteiger partial charge is 0.481 e. The first kappa shape index (κ1) is 14.7. The van der Waals surface area contributed by atoms with Crippen molar-refractivity contribution in [1.29, 1.82) is 0 Å². The van der Waals surface area contributed by atoms with Crippen LogP contribution in [-0.2, 0) is 37.8 Å². The lowest BCUT2D eigenvalue weighted by Gasteiger charge is -2.02. The number of rotatable bonds is 7. The molecule has 0 spiro atoms. The minimum absolute atomic E-state index is 0.104. The molecular formula is C14H19N3O2S. The van der Waals surface area contributed by atoms with Crippen LogP contribution in [0, 0.1) is 0 Å². The van der Waals surface area contributed by atoms with E-state index in [4.69, 9.17) is 5.11 Å². The Balaban J connectivity index is 1.86. The zero-order valence-corrected chi connectivity index (χ0v) is 12.5. The highest BCUT2D eigenvalue weighted by molar-refractivity contribution is 7.12. The molecule has 0 unspecified atom stereocenters. The van der Waals surface area contributed by atoms with Crippen LogP contribution in [0.1, 0.15) is 27.9 Å². The van der Waals surface area contributed by atoms with E-state index in [-0.39, 0.29) is 6.42 Å². The van der Waals surface area contributed by atoms with E-state index >= 15 is 0 Å². The van der Waals surface area contributed by atoms with E-state index in [9.17, 15) is 4.79 Å². The number of aliphatic carboxylic acids is 1. The number of nitrogens with zero attached hydrogens (tertiary/aromatic N) is 2. The predicted octanol–water partition coefficient (Wildman–Crippen LogP) is 1.96. The van der Waals surface area contributed by atoms with Gasteiger partial charge in [-0.05, 0) is 18.6 Å². The third-order valence-electron chi connectivity index (χ3n) is 2.98. The van der Waals surface area contributed by atoms with Crippen LogP contribution in [0.5, 0.6) is 0 Å². The van der Waals surface area contributed by atoms with Crippen molar-refractivity contribution >= 4 is 17.3 Å². The Morgan fingerprint density at radius 3 is 2.85 bits per heavy atom. The Morgan fingerprint density at radius 1 is 1.40 bits per heavy atom. The number of aromatic nitrogens is 2. The molecule has 0 aliphatic rings. The number of hydrogen-bond acceptors (Lipinski definition) is 4. The van der Waals surface area contributed by atoms with Crippen molar-refractivity contribution in [3.8, 4) is 0 Å². The lowest BCUT2D eigenvalue weighted by Crippen LogP contribution is -2.12. The molecule has 20 heavy (non-hydrogen) atoms. The molecule has 2 aromatic heterocycles. The SMILES string of the molecule is CCc1nn(C)cc1CNCc1ccc(CC(=O)O)s1. The van der Waals surface area contributed by atoms with Gasteiger partial charge in [0, 0.05) is 41.7 Å². The van der Waals surface area contributed by atoms with Crippen LogP contribution < -0.4 is 5.32 Å². The molecule has 0 aromatic carbocycles. The van der Waals surface area contributed by atoms with Gasteiger partial charge in [0.15, 0.2) is 0 Å². The number of thiophene rings is 1. The molecule has 0 saturated heterocycles. The summed E-state index contributed by atoms with van der Waals surface area (Å²) in [5, 5.41) is 16.5. The van der Waals surface area contributed by atoms with Gasteiger partial charge in [-0.15, -0.1) is 11.3 Å². The van der Waals surface area contributed by atoms with Gasteiger partial charge in [0.05, 0.1) is 12.1 Å². The van der Waals surface area contributed by atoms with Crippen molar-refractivity contribution in [1.82, 2.24) is 15.1 Å². The summed E-state index contributed by atoms with van der Waals surface area (Å²) in [7, 11) is 1.93. The fraction of sp³-hybridized carbons (Fsp3) is 0.429. The highest BCUT2D eigenvalue weighted by Crippen LogP contribution is 2.17. The molecule has 0 fully saturated rings. The van der Waals surface area contributed by atoms with Crippen molar-refractivity contribution in [2.75, 3.05) is 0 Å². The third kappa shape index (κ3) is 3.91. The van der Waals surface area contributed by atoms with Crippen molar-refractivity contribution in [2.24, 2.45) is 7.05 Å². The topological polar surface area (TPSA) is 67.2 Å². The Bertz CT molecular complexity index is 589. The number of nitrogens with one attached hydrogen (secondary N) is 1. The first-order valence-corrected chi connectivity index (χ1v) is 7.41. The first-order chi connectivity index (χ1) is 9.58. The minimum atomic E-state index is -0.783. The van der Waals surface area contributed by atoms with Crippen molar-refractivity contribution in [2.45, 2.75) is 32.9 Å². The molecule has 6 heteroatoms. The molecule has 0 bridgehead atoms. The van der Waals surface area contributed by atoms with Crippen LogP contribution in [-0.4, -0.2) is 20.9 Å². The lowest BCUT2D eigenvalue weighted by atomic mass is 10.2. The maximum Gasteiger partial charge on any atom is 0.308 e. The van der Waals surface area contributed by atoms with Gasteiger partial charge in [0.1, 0.15) is 0 Å². The Kier molecular flexibility index (Phi) is 4.92. The van der Waals surface area contributed by atoms with Gasteiger partial charge < -0.3 is 10.4 Å². The molecule has 0 aliphatic heterocycles. The van der Waals surface area contributed by atoms with Gasteiger partial charge in [-0.3, -0.25) is 9.48 Å². The molecule has 5 nitrogen and oxygen atoms in total. The minimum Gasteiger partial charge on any atom is -0.481 e. The standard InChI is InChI=1S/C14H19N3O2S/c1-3-13-10(9-17(2)16-13)7-15-8-12-5-4-11(20-12)6-14(18)19/h4-5,9,15H,3,6-8H2,1-2H3,(H,18,19). The summed E-state index contributed by atoms with van der Waals surface area (Å²) >= 11 is 1.55. The summed E-state index contributed by atoms with van der Waals surface area (Å²) in [6.45, 7) is 3.63. The predicted molar refractivity (Wildman–Crippen MR) is 78.8 cm³/mol.